The average molecular weight is 219 g/mol. The topological polar surface area (TPSA) is 21.3 Å². The van der Waals surface area contributed by atoms with Crippen LogP contribution < -0.4 is 5.32 Å². The van der Waals surface area contributed by atoms with Crippen molar-refractivity contribution < 1.29 is 4.74 Å². The highest BCUT2D eigenvalue weighted by atomic mass is 16.5. The van der Waals surface area contributed by atoms with Gasteiger partial charge in [0.2, 0.25) is 0 Å². The Bertz CT molecular complexity index is 384. The number of hydrogen-bond donors (Lipinski definition) is 1. The predicted octanol–water partition coefficient (Wildman–Crippen LogP) is 2.74. The third-order valence-electron chi connectivity index (χ3n) is 3.12. The van der Waals surface area contributed by atoms with Crippen LogP contribution in [0.3, 0.4) is 0 Å². The standard InChI is InChI=1S/C14H21NO/c1-10-5-6-11(2)12(7-10)13-8-16-9-14(3,4)15-13/h5-7,13,15H,8-9H2,1-4H3. The van der Waals surface area contributed by atoms with Gasteiger partial charge in [-0.3, -0.25) is 0 Å². The highest BCUT2D eigenvalue weighted by Gasteiger charge is 2.29. The van der Waals surface area contributed by atoms with Crippen LogP contribution in [0.2, 0.25) is 0 Å². The lowest BCUT2D eigenvalue weighted by Crippen LogP contribution is -2.51. The Hall–Kier alpha value is -0.860. The Labute approximate surface area is 98.0 Å². The molecule has 88 valence electrons. The lowest BCUT2D eigenvalue weighted by atomic mass is 9.95. The SMILES string of the molecule is Cc1ccc(C)c(C2COCC(C)(C)N2)c1. The molecule has 0 bridgehead atoms. The molecule has 0 radical (unpaired) electrons. The number of hydrogen-bond acceptors (Lipinski definition) is 2. The maximum atomic E-state index is 5.68. The molecule has 2 heteroatoms. The summed E-state index contributed by atoms with van der Waals surface area (Å²) >= 11 is 0. The fourth-order valence-corrected chi connectivity index (χ4v) is 2.29. The summed E-state index contributed by atoms with van der Waals surface area (Å²) in [6.07, 6.45) is 0. The van der Waals surface area contributed by atoms with Gasteiger partial charge in [-0.15, -0.1) is 0 Å². The minimum Gasteiger partial charge on any atom is -0.378 e. The Balaban J connectivity index is 2.26. The van der Waals surface area contributed by atoms with Crippen LogP contribution in [-0.2, 0) is 4.74 Å². The second-order valence-corrected chi connectivity index (χ2v) is 5.46. The van der Waals surface area contributed by atoms with Gasteiger partial charge in [0.15, 0.2) is 0 Å². The monoisotopic (exact) mass is 219 g/mol. The third kappa shape index (κ3) is 2.45. The molecule has 1 aliphatic heterocycles. The molecular weight excluding hydrogens is 198 g/mol. The first-order chi connectivity index (χ1) is 7.48. The number of morpholine rings is 1. The Morgan fingerprint density at radius 2 is 2.06 bits per heavy atom. The normalized spacial score (nSPS) is 24.4. The largest absolute Gasteiger partial charge is 0.378 e. The molecular formula is C14H21NO. The smallest absolute Gasteiger partial charge is 0.0662 e. The molecule has 1 atom stereocenters. The van der Waals surface area contributed by atoms with Crippen LogP contribution in [0.5, 0.6) is 0 Å². The molecule has 1 heterocycles. The molecule has 1 aliphatic rings. The second-order valence-electron chi connectivity index (χ2n) is 5.46. The van der Waals surface area contributed by atoms with E-state index in [0.29, 0.717) is 6.04 Å². The molecule has 0 amide bonds. The van der Waals surface area contributed by atoms with Crippen molar-refractivity contribution >= 4 is 0 Å². The van der Waals surface area contributed by atoms with Crippen molar-refractivity contribution in [3.8, 4) is 0 Å². The maximum absolute atomic E-state index is 5.68. The van der Waals surface area contributed by atoms with Gasteiger partial charge in [0.1, 0.15) is 0 Å². The zero-order valence-electron chi connectivity index (χ0n) is 10.6. The minimum atomic E-state index is 0.0686. The van der Waals surface area contributed by atoms with Crippen molar-refractivity contribution in [2.45, 2.75) is 39.3 Å². The van der Waals surface area contributed by atoms with E-state index in [1.807, 2.05) is 0 Å². The van der Waals surface area contributed by atoms with Crippen LogP contribution >= 0.6 is 0 Å². The van der Waals surface area contributed by atoms with Crippen LogP contribution in [0.15, 0.2) is 18.2 Å². The van der Waals surface area contributed by atoms with E-state index >= 15 is 0 Å². The number of aryl methyl sites for hydroxylation is 2. The van der Waals surface area contributed by atoms with E-state index < -0.39 is 0 Å². The Morgan fingerprint density at radius 3 is 2.75 bits per heavy atom. The molecule has 1 fully saturated rings. The zero-order valence-corrected chi connectivity index (χ0v) is 10.6. The molecule has 1 N–H and O–H groups in total. The molecule has 1 aromatic carbocycles. The van der Waals surface area contributed by atoms with E-state index in [-0.39, 0.29) is 5.54 Å². The first-order valence-corrected chi connectivity index (χ1v) is 5.90. The summed E-state index contributed by atoms with van der Waals surface area (Å²) < 4.78 is 5.68. The van der Waals surface area contributed by atoms with Gasteiger partial charge in [-0.1, -0.05) is 23.8 Å². The number of benzene rings is 1. The van der Waals surface area contributed by atoms with E-state index in [4.69, 9.17) is 4.74 Å². The molecule has 16 heavy (non-hydrogen) atoms. The molecule has 2 rings (SSSR count). The molecule has 1 aromatic rings. The highest BCUT2D eigenvalue weighted by molar-refractivity contribution is 5.33. The molecule has 0 aliphatic carbocycles. The van der Waals surface area contributed by atoms with Crippen LogP contribution in [0.1, 0.15) is 36.6 Å². The zero-order chi connectivity index (χ0) is 11.8. The molecule has 1 unspecified atom stereocenters. The van der Waals surface area contributed by atoms with Crippen LogP contribution in [0.4, 0.5) is 0 Å². The molecule has 0 saturated carbocycles. The van der Waals surface area contributed by atoms with Crippen molar-refractivity contribution in [3.63, 3.8) is 0 Å². The lowest BCUT2D eigenvalue weighted by Gasteiger charge is -2.37. The van der Waals surface area contributed by atoms with Crippen molar-refractivity contribution in [1.29, 1.82) is 0 Å². The fourth-order valence-electron chi connectivity index (χ4n) is 2.29. The summed E-state index contributed by atoms with van der Waals surface area (Å²) in [6, 6.07) is 6.93. The quantitative estimate of drug-likeness (QED) is 0.784. The maximum Gasteiger partial charge on any atom is 0.0662 e. The number of rotatable bonds is 1. The molecule has 0 aromatic heterocycles. The van der Waals surface area contributed by atoms with Gasteiger partial charge >= 0.3 is 0 Å². The fraction of sp³-hybridized carbons (Fsp3) is 0.571. The molecule has 2 nitrogen and oxygen atoms in total. The second kappa shape index (κ2) is 4.19. The van der Waals surface area contributed by atoms with E-state index in [1.165, 1.54) is 16.7 Å². The van der Waals surface area contributed by atoms with E-state index in [9.17, 15) is 0 Å². The van der Waals surface area contributed by atoms with Crippen molar-refractivity contribution in [3.05, 3.63) is 34.9 Å². The van der Waals surface area contributed by atoms with Gasteiger partial charge in [-0.2, -0.15) is 0 Å². The van der Waals surface area contributed by atoms with E-state index in [0.717, 1.165) is 13.2 Å². The lowest BCUT2D eigenvalue weighted by molar-refractivity contribution is 0.0126. The van der Waals surface area contributed by atoms with Gasteiger partial charge in [-0.05, 0) is 38.8 Å². The summed E-state index contributed by atoms with van der Waals surface area (Å²) in [4.78, 5) is 0. The first kappa shape index (κ1) is 11.6. The Kier molecular flexibility index (Phi) is 3.04. The molecule has 0 spiro atoms. The van der Waals surface area contributed by atoms with Crippen LogP contribution in [0, 0.1) is 13.8 Å². The Morgan fingerprint density at radius 1 is 1.31 bits per heavy atom. The van der Waals surface area contributed by atoms with Crippen molar-refractivity contribution in [2.75, 3.05) is 13.2 Å². The molecule has 1 saturated heterocycles. The summed E-state index contributed by atoms with van der Waals surface area (Å²) in [7, 11) is 0. The minimum absolute atomic E-state index is 0.0686. The summed E-state index contributed by atoms with van der Waals surface area (Å²) in [6.45, 7) is 10.2. The van der Waals surface area contributed by atoms with Gasteiger partial charge in [-0.25, -0.2) is 0 Å². The van der Waals surface area contributed by atoms with E-state index in [1.54, 1.807) is 0 Å². The van der Waals surface area contributed by atoms with Gasteiger partial charge in [0, 0.05) is 5.54 Å². The van der Waals surface area contributed by atoms with Crippen LogP contribution in [0.25, 0.3) is 0 Å². The van der Waals surface area contributed by atoms with Crippen molar-refractivity contribution in [2.24, 2.45) is 0 Å². The van der Waals surface area contributed by atoms with Gasteiger partial charge in [0.05, 0.1) is 19.3 Å². The van der Waals surface area contributed by atoms with Crippen molar-refractivity contribution in [1.82, 2.24) is 5.32 Å². The summed E-state index contributed by atoms with van der Waals surface area (Å²) in [5.41, 5.74) is 4.09. The van der Waals surface area contributed by atoms with Crippen LogP contribution in [-0.4, -0.2) is 18.8 Å². The first-order valence-electron chi connectivity index (χ1n) is 5.90. The number of ether oxygens (including phenoxy) is 1. The van der Waals surface area contributed by atoms with E-state index in [2.05, 4.69) is 51.2 Å². The third-order valence-corrected chi connectivity index (χ3v) is 3.12. The highest BCUT2D eigenvalue weighted by Crippen LogP contribution is 2.25. The average Bonchev–Trinajstić information content (AvgIpc) is 2.20. The summed E-state index contributed by atoms with van der Waals surface area (Å²) in [5.74, 6) is 0. The predicted molar refractivity (Wildman–Crippen MR) is 66.7 cm³/mol. The van der Waals surface area contributed by atoms with Gasteiger partial charge < -0.3 is 10.1 Å². The number of nitrogens with one attached hydrogen (secondary N) is 1. The summed E-state index contributed by atoms with van der Waals surface area (Å²) in [5, 5.41) is 3.65. The van der Waals surface area contributed by atoms with Gasteiger partial charge in [0.25, 0.3) is 0 Å².